The van der Waals surface area contributed by atoms with Crippen LogP contribution in [0.5, 0.6) is 0 Å². The van der Waals surface area contributed by atoms with Gasteiger partial charge in [0.15, 0.2) is 0 Å². The van der Waals surface area contributed by atoms with Crippen LogP contribution >= 0.6 is 34.4 Å². The lowest BCUT2D eigenvalue weighted by Crippen LogP contribution is -1.82. The van der Waals surface area contributed by atoms with Crippen LogP contribution in [0, 0.1) is 3.57 Å². The van der Waals surface area contributed by atoms with Gasteiger partial charge in [0.05, 0.1) is 0 Å². The van der Waals surface area contributed by atoms with E-state index in [4.69, 9.17) is 0 Å². The van der Waals surface area contributed by atoms with Crippen LogP contribution in [0.3, 0.4) is 0 Å². The summed E-state index contributed by atoms with van der Waals surface area (Å²) in [6, 6.07) is 7.79. The molecule has 1 nitrogen and oxygen atoms in total. The summed E-state index contributed by atoms with van der Waals surface area (Å²) in [6.07, 6.45) is 1.32. The Morgan fingerprint density at radius 3 is 2.50 bits per heavy atom. The average molecular weight is 290 g/mol. The lowest BCUT2D eigenvalue weighted by molar-refractivity contribution is -0.107. The number of hydrogen-bond donors (Lipinski definition) is 0. The van der Waals surface area contributed by atoms with Crippen molar-refractivity contribution < 1.29 is 4.79 Å². The molecule has 0 saturated heterocycles. The van der Waals surface area contributed by atoms with Gasteiger partial charge in [-0.3, -0.25) is 4.79 Å². The normalized spacial score (nSPS) is 9.42. The lowest BCUT2D eigenvalue weighted by atomic mass is 10.4. The third-order valence-electron chi connectivity index (χ3n) is 1.20. The smallest absolute Gasteiger partial charge is 0.216 e. The van der Waals surface area contributed by atoms with Crippen LogP contribution < -0.4 is 0 Å². The Hall–Kier alpha value is -0.290. The van der Waals surface area contributed by atoms with Gasteiger partial charge in [-0.25, -0.2) is 0 Å². The summed E-state index contributed by atoms with van der Waals surface area (Å²) in [5.74, 6) is 0. The van der Waals surface area contributed by atoms with E-state index in [1.807, 2.05) is 24.3 Å². The predicted octanol–water partition coefficient (Wildman–Crippen LogP) is 3.10. The van der Waals surface area contributed by atoms with Crippen molar-refractivity contribution in [2.75, 3.05) is 0 Å². The first-order valence-corrected chi connectivity index (χ1v) is 5.21. The lowest BCUT2D eigenvalue weighted by Gasteiger charge is -1.95. The molecule has 1 aromatic carbocycles. The SMILES string of the molecule is C=CC(=O)Sc1ccc(I)cc1. The van der Waals surface area contributed by atoms with E-state index in [0.717, 1.165) is 4.90 Å². The van der Waals surface area contributed by atoms with E-state index in [9.17, 15) is 4.79 Å². The molecule has 3 heteroatoms. The molecule has 0 unspecified atom stereocenters. The van der Waals surface area contributed by atoms with Gasteiger partial charge >= 0.3 is 0 Å². The molecule has 0 radical (unpaired) electrons. The molecule has 0 fully saturated rings. The second-order valence-corrected chi connectivity index (χ2v) is 4.40. The van der Waals surface area contributed by atoms with Gasteiger partial charge in [-0.2, -0.15) is 0 Å². The van der Waals surface area contributed by atoms with Crippen molar-refractivity contribution >= 4 is 39.5 Å². The molecule has 0 saturated carbocycles. The molecule has 1 rings (SSSR count). The molecule has 1 aromatic rings. The highest BCUT2D eigenvalue weighted by atomic mass is 127. The van der Waals surface area contributed by atoms with Gasteiger partial charge in [0.1, 0.15) is 0 Å². The standard InChI is InChI=1S/C9H7IOS/c1-2-9(11)12-8-5-3-7(10)4-6-8/h2-6H,1H2. The van der Waals surface area contributed by atoms with E-state index in [-0.39, 0.29) is 5.12 Å². The van der Waals surface area contributed by atoms with E-state index >= 15 is 0 Å². The Balaban J connectivity index is 2.71. The molecule has 0 amide bonds. The van der Waals surface area contributed by atoms with E-state index in [0.29, 0.717) is 0 Å². The second kappa shape index (κ2) is 4.67. The summed E-state index contributed by atoms with van der Waals surface area (Å²) in [4.78, 5) is 11.9. The van der Waals surface area contributed by atoms with Crippen LogP contribution in [0.15, 0.2) is 41.8 Å². The quantitative estimate of drug-likeness (QED) is 0.473. The van der Waals surface area contributed by atoms with E-state index in [1.54, 1.807) is 0 Å². The fourth-order valence-corrected chi connectivity index (χ4v) is 1.61. The predicted molar refractivity (Wildman–Crippen MR) is 60.2 cm³/mol. The molecule has 0 bridgehead atoms. The Labute approximate surface area is 89.4 Å². The number of rotatable bonds is 2. The second-order valence-electron chi connectivity index (χ2n) is 2.08. The topological polar surface area (TPSA) is 17.1 Å². The summed E-state index contributed by atoms with van der Waals surface area (Å²) in [5, 5.41) is -0.0174. The minimum absolute atomic E-state index is 0.0174. The van der Waals surface area contributed by atoms with Crippen molar-refractivity contribution in [1.82, 2.24) is 0 Å². The van der Waals surface area contributed by atoms with Crippen LogP contribution in [-0.2, 0) is 4.79 Å². The molecule has 0 N–H and O–H groups in total. The van der Waals surface area contributed by atoms with E-state index in [2.05, 4.69) is 29.2 Å². The zero-order valence-corrected chi connectivity index (χ0v) is 9.26. The van der Waals surface area contributed by atoms with Crippen molar-refractivity contribution in [1.29, 1.82) is 0 Å². The third kappa shape index (κ3) is 2.98. The van der Waals surface area contributed by atoms with Crippen molar-refractivity contribution in [3.8, 4) is 0 Å². The molecule has 0 heterocycles. The molecule has 0 aliphatic rings. The van der Waals surface area contributed by atoms with Crippen molar-refractivity contribution in [2.45, 2.75) is 4.90 Å². The van der Waals surface area contributed by atoms with Gasteiger partial charge in [-0.1, -0.05) is 6.58 Å². The molecule has 0 atom stereocenters. The van der Waals surface area contributed by atoms with Crippen molar-refractivity contribution in [2.24, 2.45) is 0 Å². The highest BCUT2D eigenvalue weighted by molar-refractivity contribution is 14.1. The number of carbonyl (C=O) groups excluding carboxylic acids is 1. The summed E-state index contributed by atoms with van der Waals surface area (Å²) < 4.78 is 1.17. The number of thioether (sulfide) groups is 1. The minimum atomic E-state index is -0.0174. The zero-order chi connectivity index (χ0) is 8.97. The number of carbonyl (C=O) groups is 1. The Bertz CT molecular complexity index is 292. The van der Waals surface area contributed by atoms with Gasteiger partial charge in [-0.05, 0) is 64.7 Å². The largest absolute Gasteiger partial charge is 0.282 e. The Kier molecular flexibility index (Phi) is 3.81. The molecule has 12 heavy (non-hydrogen) atoms. The molecule has 62 valence electrons. The van der Waals surface area contributed by atoms with E-state index in [1.165, 1.54) is 21.4 Å². The summed E-state index contributed by atoms with van der Waals surface area (Å²) >= 11 is 3.42. The van der Waals surface area contributed by atoms with Crippen LogP contribution in [0.2, 0.25) is 0 Å². The first-order valence-electron chi connectivity index (χ1n) is 3.32. The Morgan fingerprint density at radius 1 is 1.42 bits per heavy atom. The highest BCUT2D eigenvalue weighted by Crippen LogP contribution is 2.19. The highest BCUT2D eigenvalue weighted by Gasteiger charge is 1.98. The maximum atomic E-state index is 10.9. The number of benzene rings is 1. The van der Waals surface area contributed by atoms with Gasteiger partial charge in [-0.15, -0.1) is 0 Å². The molecule has 0 aromatic heterocycles. The zero-order valence-electron chi connectivity index (χ0n) is 6.29. The minimum Gasteiger partial charge on any atom is -0.282 e. The molecular formula is C9H7IOS. The van der Waals surface area contributed by atoms with Crippen LogP contribution in [0.25, 0.3) is 0 Å². The van der Waals surface area contributed by atoms with Gasteiger partial charge < -0.3 is 0 Å². The number of hydrogen-bond acceptors (Lipinski definition) is 2. The maximum Gasteiger partial charge on any atom is 0.216 e. The third-order valence-corrected chi connectivity index (χ3v) is 2.79. The van der Waals surface area contributed by atoms with Gasteiger partial charge in [0.25, 0.3) is 0 Å². The Morgan fingerprint density at radius 2 is 2.00 bits per heavy atom. The van der Waals surface area contributed by atoms with Crippen molar-refractivity contribution in [3.05, 3.63) is 40.5 Å². The molecule has 0 aliphatic carbocycles. The summed E-state index contributed by atoms with van der Waals surface area (Å²) in [5.41, 5.74) is 0. The van der Waals surface area contributed by atoms with E-state index < -0.39 is 0 Å². The average Bonchev–Trinajstić information content (AvgIpc) is 2.09. The number of halogens is 1. The molecule has 0 spiro atoms. The van der Waals surface area contributed by atoms with Gasteiger partial charge in [0.2, 0.25) is 5.12 Å². The van der Waals surface area contributed by atoms with Crippen LogP contribution in [0.4, 0.5) is 0 Å². The maximum absolute atomic E-state index is 10.9. The van der Waals surface area contributed by atoms with Crippen LogP contribution in [-0.4, -0.2) is 5.12 Å². The van der Waals surface area contributed by atoms with Crippen LogP contribution in [0.1, 0.15) is 0 Å². The fourth-order valence-electron chi connectivity index (χ4n) is 0.660. The van der Waals surface area contributed by atoms with Gasteiger partial charge in [0, 0.05) is 8.47 Å². The summed E-state index contributed by atoms with van der Waals surface area (Å²) in [7, 11) is 0. The first kappa shape index (κ1) is 9.80. The summed E-state index contributed by atoms with van der Waals surface area (Å²) in [6.45, 7) is 3.40. The first-order chi connectivity index (χ1) is 5.72. The fraction of sp³-hybridized carbons (Fsp3) is 0. The molecular weight excluding hydrogens is 283 g/mol. The molecule has 0 aliphatic heterocycles. The van der Waals surface area contributed by atoms with Crippen molar-refractivity contribution in [3.63, 3.8) is 0 Å². The monoisotopic (exact) mass is 290 g/mol.